The van der Waals surface area contributed by atoms with Crippen molar-refractivity contribution >= 4 is 85.2 Å². The quantitative estimate of drug-likeness (QED) is 0.191. The fraction of sp³-hybridized carbons (Fsp3) is 0. The molecule has 0 saturated carbocycles. The van der Waals surface area contributed by atoms with Crippen LogP contribution in [0.1, 0.15) is 0 Å². The molecule has 9 rings (SSSR count). The summed E-state index contributed by atoms with van der Waals surface area (Å²) in [7, 11) is 0. The average Bonchev–Trinajstić information content (AvgIpc) is 3.63. The highest BCUT2D eigenvalue weighted by atomic mass is 32.1. The molecule has 0 amide bonds. The Bertz CT molecular complexity index is 2370. The van der Waals surface area contributed by atoms with Crippen molar-refractivity contribution < 1.29 is 0 Å². The highest BCUT2D eigenvalue weighted by Gasteiger charge is 2.22. The lowest BCUT2D eigenvalue weighted by Crippen LogP contribution is -1.92. The minimum absolute atomic E-state index is 1.27. The van der Waals surface area contributed by atoms with E-state index in [1.54, 1.807) is 0 Å². The lowest BCUT2D eigenvalue weighted by Gasteiger charge is -2.20. The smallest absolute Gasteiger partial charge is 0.0376 e. The molecule has 2 aromatic heterocycles. The lowest BCUT2D eigenvalue weighted by atomic mass is 9.83. The fourth-order valence-electron chi connectivity index (χ4n) is 6.71. The second-order valence-electron chi connectivity index (χ2n) is 10.4. The minimum atomic E-state index is 1.27. The van der Waals surface area contributed by atoms with E-state index in [1.807, 2.05) is 22.7 Å². The van der Waals surface area contributed by atoms with Gasteiger partial charge in [-0.15, -0.1) is 22.7 Å². The van der Waals surface area contributed by atoms with Crippen molar-refractivity contribution in [1.29, 1.82) is 0 Å². The predicted octanol–water partition coefficient (Wildman–Crippen LogP) is 12.1. The number of thiophene rings is 2. The van der Waals surface area contributed by atoms with Gasteiger partial charge < -0.3 is 0 Å². The molecule has 0 aliphatic rings. The summed E-state index contributed by atoms with van der Waals surface area (Å²) in [5, 5.41) is 14.1. The van der Waals surface area contributed by atoms with Crippen molar-refractivity contribution in [3.63, 3.8) is 0 Å². The highest BCUT2D eigenvalue weighted by molar-refractivity contribution is 7.26. The zero-order valence-electron chi connectivity index (χ0n) is 21.5. The summed E-state index contributed by atoms with van der Waals surface area (Å²) in [4.78, 5) is 0. The van der Waals surface area contributed by atoms with E-state index < -0.39 is 0 Å². The maximum atomic E-state index is 2.40. The largest absolute Gasteiger partial charge is 0.144 e. The van der Waals surface area contributed by atoms with Crippen LogP contribution in [-0.4, -0.2) is 0 Å². The van der Waals surface area contributed by atoms with Crippen LogP contribution in [0.3, 0.4) is 0 Å². The topological polar surface area (TPSA) is 0 Å². The van der Waals surface area contributed by atoms with E-state index in [-0.39, 0.29) is 0 Å². The Morgan fingerprint density at radius 3 is 1.73 bits per heavy atom. The predicted molar refractivity (Wildman–Crippen MR) is 178 cm³/mol. The standard InChI is InChI=1S/C38H22S2/c1-2-12-24-23(10-1)11-9-18-25(24)35-26-13-3-5-15-28(26)36(29-16-6-4-14-27(29)35)38-31-20-21-39-33(31)22-34-37(38)30-17-7-8-19-32(30)40-34/h1-22H. The molecule has 0 bridgehead atoms. The van der Waals surface area contributed by atoms with Crippen molar-refractivity contribution in [2.45, 2.75) is 0 Å². The number of benzene rings is 7. The Labute approximate surface area is 239 Å². The molecule has 0 nitrogen and oxygen atoms in total. The molecule has 2 heteroatoms. The van der Waals surface area contributed by atoms with E-state index in [0.29, 0.717) is 0 Å². The monoisotopic (exact) mass is 542 g/mol. The molecule has 0 aliphatic heterocycles. The fourth-order valence-corrected chi connectivity index (χ4v) is 8.77. The van der Waals surface area contributed by atoms with Gasteiger partial charge in [-0.3, -0.25) is 0 Å². The summed E-state index contributed by atoms with van der Waals surface area (Å²) in [5.41, 5.74) is 5.31. The molecule has 0 radical (unpaired) electrons. The van der Waals surface area contributed by atoms with E-state index >= 15 is 0 Å². The third-order valence-electron chi connectivity index (χ3n) is 8.34. The van der Waals surface area contributed by atoms with Gasteiger partial charge in [-0.25, -0.2) is 0 Å². The van der Waals surface area contributed by atoms with Crippen molar-refractivity contribution in [3.05, 3.63) is 133 Å². The van der Waals surface area contributed by atoms with Gasteiger partial charge in [0, 0.05) is 35.8 Å². The average molecular weight is 543 g/mol. The minimum Gasteiger partial charge on any atom is -0.144 e. The molecule has 0 fully saturated rings. The summed E-state index contributed by atoms with van der Waals surface area (Å²) >= 11 is 3.75. The molecule has 186 valence electrons. The van der Waals surface area contributed by atoms with Gasteiger partial charge in [0.1, 0.15) is 0 Å². The van der Waals surface area contributed by atoms with Crippen LogP contribution in [0.15, 0.2) is 133 Å². The summed E-state index contributed by atoms with van der Waals surface area (Å²) in [5.74, 6) is 0. The number of fused-ring (bicyclic) bond motifs is 7. The normalized spacial score (nSPS) is 12.0. The molecule has 7 aromatic carbocycles. The molecule has 0 N–H and O–H groups in total. The lowest BCUT2D eigenvalue weighted by molar-refractivity contribution is 1.70. The molecule has 0 unspecified atom stereocenters. The Kier molecular flexibility index (Phi) is 4.74. The third kappa shape index (κ3) is 3.06. The summed E-state index contributed by atoms with van der Waals surface area (Å²) in [6, 6.07) is 47.2. The number of hydrogen-bond acceptors (Lipinski definition) is 2. The van der Waals surface area contributed by atoms with Crippen LogP contribution in [0.25, 0.3) is 84.8 Å². The zero-order chi connectivity index (χ0) is 26.2. The van der Waals surface area contributed by atoms with E-state index in [9.17, 15) is 0 Å². The van der Waals surface area contributed by atoms with Gasteiger partial charge in [0.25, 0.3) is 0 Å². The van der Waals surface area contributed by atoms with Gasteiger partial charge in [-0.05, 0) is 72.6 Å². The Morgan fingerprint density at radius 2 is 0.975 bits per heavy atom. The Morgan fingerprint density at radius 1 is 0.375 bits per heavy atom. The van der Waals surface area contributed by atoms with Gasteiger partial charge in [-0.2, -0.15) is 0 Å². The number of rotatable bonds is 2. The first-order chi connectivity index (χ1) is 19.9. The van der Waals surface area contributed by atoms with Gasteiger partial charge in [0.15, 0.2) is 0 Å². The summed E-state index contributed by atoms with van der Waals surface area (Å²) in [6.45, 7) is 0. The Balaban J connectivity index is 1.54. The van der Waals surface area contributed by atoms with Crippen molar-refractivity contribution in [3.8, 4) is 22.3 Å². The molecule has 0 spiro atoms. The van der Waals surface area contributed by atoms with E-state index in [1.165, 1.54) is 84.8 Å². The van der Waals surface area contributed by atoms with Crippen molar-refractivity contribution in [2.24, 2.45) is 0 Å². The zero-order valence-corrected chi connectivity index (χ0v) is 23.2. The van der Waals surface area contributed by atoms with Crippen LogP contribution in [0, 0.1) is 0 Å². The SMILES string of the molecule is c1ccc2c(-c3c4ccccc4c(-c4c5ccsc5cc5sc6ccccc6c45)c4ccccc34)cccc2c1. The van der Waals surface area contributed by atoms with E-state index in [2.05, 4.69) is 133 Å². The van der Waals surface area contributed by atoms with Crippen LogP contribution in [-0.2, 0) is 0 Å². The van der Waals surface area contributed by atoms with Crippen LogP contribution in [0.4, 0.5) is 0 Å². The molecular formula is C38H22S2. The first-order valence-electron chi connectivity index (χ1n) is 13.6. The second kappa shape index (κ2) is 8.50. The van der Waals surface area contributed by atoms with Gasteiger partial charge in [0.2, 0.25) is 0 Å². The van der Waals surface area contributed by atoms with Gasteiger partial charge >= 0.3 is 0 Å². The maximum absolute atomic E-state index is 2.40. The van der Waals surface area contributed by atoms with Gasteiger partial charge in [0.05, 0.1) is 0 Å². The van der Waals surface area contributed by atoms with Gasteiger partial charge in [-0.1, -0.05) is 109 Å². The summed E-state index contributed by atoms with van der Waals surface area (Å²) < 4.78 is 4.05. The molecule has 9 aromatic rings. The van der Waals surface area contributed by atoms with Crippen molar-refractivity contribution in [2.75, 3.05) is 0 Å². The maximum Gasteiger partial charge on any atom is 0.0376 e. The van der Waals surface area contributed by atoms with Crippen molar-refractivity contribution in [1.82, 2.24) is 0 Å². The van der Waals surface area contributed by atoms with E-state index in [0.717, 1.165) is 0 Å². The molecule has 40 heavy (non-hydrogen) atoms. The molecule has 0 saturated heterocycles. The highest BCUT2D eigenvalue weighted by Crippen LogP contribution is 2.51. The number of hydrogen-bond donors (Lipinski definition) is 0. The van der Waals surface area contributed by atoms with Crippen LogP contribution >= 0.6 is 22.7 Å². The summed E-state index contributed by atoms with van der Waals surface area (Å²) in [6.07, 6.45) is 0. The first kappa shape index (κ1) is 22.3. The third-order valence-corrected chi connectivity index (χ3v) is 10.3. The Hall–Kier alpha value is -4.50. The van der Waals surface area contributed by atoms with E-state index in [4.69, 9.17) is 0 Å². The molecule has 2 heterocycles. The molecule has 0 aliphatic carbocycles. The van der Waals surface area contributed by atoms with Crippen LogP contribution in [0.2, 0.25) is 0 Å². The molecular weight excluding hydrogens is 521 g/mol. The van der Waals surface area contributed by atoms with Crippen LogP contribution < -0.4 is 0 Å². The van der Waals surface area contributed by atoms with Crippen LogP contribution in [0.5, 0.6) is 0 Å². The first-order valence-corrected chi connectivity index (χ1v) is 15.3. The molecule has 0 atom stereocenters. The second-order valence-corrected chi connectivity index (χ2v) is 12.5.